The van der Waals surface area contributed by atoms with E-state index < -0.39 is 0 Å². The van der Waals surface area contributed by atoms with Gasteiger partial charge in [-0.2, -0.15) is 0 Å². The minimum absolute atomic E-state index is 0.104. The Bertz CT molecular complexity index is 184. The van der Waals surface area contributed by atoms with Gasteiger partial charge in [-0.3, -0.25) is 0 Å². The van der Waals surface area contributed by atoms with Gasteiger partial charge in [0, 0.05) is 10.5 Å². The van der Waals surface area contributed by atoms with Gasteiger partial charge in [0.15, 0.2) is 0 Å². The second-order valence-electron chi connectivity index (χ2n) is 3.69. The van der Waals surface area contributed by atoms with Crippen LogP contribution in [-0.2, 0) is 0 Å². The van der Waals surface area contributed by atoms with Crippen molar-refractivity contribution in [2.75, 3.05) is 0 Å². The van der Waals surface area contributed by atoms with Crippen molar-refractivity contribution in [3.05, 3.63) is 10.4 Å². The zero-order chi connectivity index (χ0) is 8.32. The van der Waals surface area contributed by atoms with E-state index in [1.807, 2.05) is 0 Å². The lowest BCUT2D eigenvalue weighted by atomic mass is 9.76. The monoisotopic (exact) mass is 153 g/mol. The Morgan fingerprint density at radius 1 is 1.55 bits per heavy atom. The maximum atomic E-state index is 8.36. The Morgan fingerprint density at radius 2 is 2.27 bits per heavy atom. The van der Waals surface area contributed by atoms with E-state index in [1.165, 1.54) is 19.3 Å². The normalized spacial score (nSPS) is 37.8. The topological polar surface area (TPSA) is 48.8 Å². The molecule has 0 saturated heterocycles. The molecule has 2 atom stereocenters. The summed E-state index contributed by atoms with van der Waals surface area (Å²) < 4.78 is 0. The van der Waals surface area contributed by atoms with Crippen LogP contribution in [-0.4, -0.2) is 5.54 Å². The fraction of sp³-hybridized carbons (Fsp3) is 1.00. The van der Waals surface area contributed by atoms with E-state index in [0.717, 1.165) is 6.42 Å². The zero-order valence-electron chi connectivity index (χ0n) is 7.25. The van der Waals surface area contributed by atoms with Crippen LogP contribution in [0.15, 0.2) is 5.11 Å². The highest BCUT2D eigenvalue weighted by atomic mass is 15.2. The van der Waals surface area contributed by atoms with Gasteiger partial charge in [0.1, 0.15) is 0 Å². The quantitative estimate of drug-likeness (QED) is 0.315. The molecule has 0 radical (unpaired) electrons. The van der Waals surface area contributed by atoms with Crippen LogP contribution in [0, 0.1) is 5.92 Å². The van der Waals surface area contributed by atoms with E-state index in [2.05, 4.69) is 23.9 Å². The third kappa shape index (κ3) is 1.66. The highest BCUT2D eigenvalue weighted by Gasteiger charge is 2.32. The zero-order valence-corrected chi connectivity index (χ0v) is 7.25. The van der Waals surface area contributed by atoms with Gasteiger partial charge in [0.05, 0.1) is 0 Å². The molecule has 1 rings (SSSR count). The molecule has 0 aromatic carbocycles. The molecule has 11 heavy (non-hydrogen) atoms. The highest BCUT2D eigenvalue weighted by Crippen LogP contribution is 2.36. The Morgan fingerprint density at radius 3 is 2.82 bits per heavy atom. The minimum Gasteiger partial charge on any atom is -0.0873 e. The largest absolute Gasteiger partial charge is 0.0873 e. The van der Waals surface area contributed by atoms with Crippen LogP contribution in [0.5, 0.6) is 0 Å². The van der Waals surface area contributed by atoms with Crippen molar-refractivity contribution in [3.63, 3.8) is 0 Å². The molecule has 0 aliphatic heterocycles. The predicted octanol–water partition coefficient (Wildman–Crippen LogP) is 3.27. The first kappa shape index (κ1) is 8.41. The van der Waals surface area contributed by atoms with E-state index in [1.54, 1.807) is 0 Å². The van der Waals surface area contributed by atoms with Crippen LogP contribution < -0.4 is 0 Å². The van der Waals surface area contributed by atoms with Crippen molar-refractivity contribution in [2.24, 2.45) is 11.0 Å². The minimum atomic E-state index is -0.104. The lowest BCUT2D eigenvalue weighted by Gasteiger charge is -2.35. The lowest BCUT2D eigenvalue weighted by Crippen LogP contribution is -2.33. The van der Waals surface area contributed by atoms with Crippen LogP contribution in [0.4, 0.5) is 0 Å². The van der Waals surface area contributed by atoms with Crippen LogP contribution in [0.1, 0.15) is 39.5 Å². The summed E-state index contributed by atoms with van der Waals surface area (Å²) in [5.41, 5.74) is 8.26. The molecule has 1 aliphatic carbocycles. The standard InChI is InChI=1S/C8H15N3/c1-7-5-3-4-6-8(7,2)10-11-9/h7H,3-6H2,1-2H3/t7-,8+/m0/s1. The van der Waals surface area contributed by atoms with Crippen molar-refractivity contribution in [2.45, 2.75) is 45.1 Å². The summed E-state index contributed by atoms with van der Waals surface area (Å²) in [4.78, 5) is 2.91. The summed E-state index contributed by atoms with van der Waals surface area (Å²) in [6, 6.07) is 0. The maximum absolute atomic E-state index is 8.36. The van der Waals surface area contributed by atoms with Gasteiger partial charge < -0.3 is 0 Å². The van der Waals surface area contributed by atoms with Gasteiger partial charge in [-0.1, -0.05) is 38.2 Å². The molecular weight excluding hydrogens is 138 g/mol. The average Bonchev–Trinajstić information content (AvgIpc) is 1.96. The van der Waals surface area contributed by atoms with Gasteiger partial charge >= 0.3 is 0 Å². The Kier molecular flexibility index (Phi) is 2.40. The van der Waals surface area contributed by atoms with Crippen LogP contribution >= 0.6 is 0 Å². The first-order valence-corrected chi connectivity index (χ1v) is 4.25. The summed E-state index contributed by atoms with van der Waals surface area (Å²) in [6.45, 7) is 4.24. The van der Waals surface area contributed by atoms with Crippen molar-refractivity contribution in [3.8, 4) is 0 Å². The predicted molar refractivity (Wildman–Crippen MR) is 45.2 cm³/mol. The fourth-order valence-corrected chi connectivity index (χ4v) is 1.74. The number of hydrogen-bond acceptors (Lipinski definition) is 1. The maximum Gasteiger partial charge on any atom is 0.0485 e. The molecule has 1 saturated carbocycles. The first-order valence-electron chi connectivity index (χ1n) is 4.25. The fourth-order valence-electron chi connectivity index (χ4n) is 1.74. The Balaban J connectivity index is 2.72. The third-order valence-corrected chi connectivity index (χ3v) is 2.90. The van der Waals surface area contributed by atoms with Crippen LogP contribution in [0.25, 0.3) is 10.4 Å². The van der Waals surface area contributed by atoms with E-state index in [0.29, 0.717) is 5.92 Å². The molecule has 3 heteroatoms. The number of azide groups is 1. The van der Waals surface area contributed by atoms with E-state index >= 15 is 0 Å². The second kappa shape index (κ2) is 3.14. The van der Waals surface area contributed by atoms with Gasteiger partial charge in [0.2, 0.25) is 0 Å². The van der Waals surface area contributed by atoms with Crippen molar-refractivity contribution >= 4 is 0 Å². The molecule has 0 aromatic rings. The SMILES string of the molecule is C[C@H]1CCCC[C@@]1(C)N=[N+]=[N-]. The molecule has 62 valence electrons. The summed E-state index contributed by atoms with van der Waals surface area (Å²) in [6.07, 6.45) is 4.76. The highest BCUT2D eigenvalue weighted by molar-refractivity contribution is 4.91. The van der Waals surface area contributed by atoms with E-state index in [9.17, 15) is 0 Å². The molecule has 0 N–H and O–H groups in total. The molecule has 1 fully saturated rings. The molecular formula is C8H15N3. The average molecular weight is 153 g/mol. The first-order chi connectivity index (χ1) is 5.19. The third-order valence-electron chi connectivity index (χ3n) is 2.90. The number of hydrogen-bond donors (Lipinski definition) is 0. The van der Waals surface area contributed by atoms with E-state index in [4.69, 9.17) is 5.53 Å². The van der Waals surface area contributed by atoms with Gasteiger partial charge in [-0.15, -0.1) is 0 Å². The Hall–Kier alpha value is -0.690. The van der Waals surface area contributed by atoms with Gasteiger partial charge in [-0.05, 0) is 17.9 Å². The number of nitrogens with zero attached hydrogens (tertiary/aromatic N) is 3. The van der Waals surface area contributed by atoms with Gasteiger partial charge in [0.25, 0.3) is 0 Å². The summed E-state index contributed by atoms with van der Waals surface area (Å²) in [5.74, 6) is 0.548. The Labute approximate surface area is 67.4 Å². The van der Waals surface area contributed by atoms with Crippen LogP contribution in [0.3, 0.4) is 0 Å². The summed E-state index contributed by atoms with van der Waals surface area (Å²) in [5, 5.41) is 3.88. The summed E-state index contributed by atoms with van der Waals surface area (Å²) in [7, 11) is 0. The molecule has 0 heterocycles. The number of rotatable bonds is 1. The molecule has 0 aromatic heterocycles. The van der Waals surface area contributed by atoms with E-state index in [-0.39, 0.29) is 5.54 Å². The molecule has 0 unspecified atom stereocenters. The smallest absolute Gasteiger partial charge is 0.0485 e. The molecule has 1 aliphatic rings. The molecule has 0 amide bonds. The lowest BCUT2D eigenvalue weighted by molar-refractivity contribution is 0.226. The van der Waals surface area contributed by atoms with Crippen molar-refractivity contribution < 1.29 is 0 Å². The summed E-state index contributed by atoms with van der Waals surface area (Å²) >= 11 is 0. The molecule has 0 spiro atoms. The van der Waals surface area contributed by atoms with Crippen molar-refractivity contribution in [1.82, 2.24) is 0 Å². The second-order valence-corrected chi connectivity index (χ2v) is 3.69. The van der Waals surface area contributed by atoms with Crippen LogP contribution in [0.2, 0.25) is 0 Å². The molecule has 0 bridgehead atoms. The van der Waals surface area contributed by atoms with Gasteiger partial charge in [-0.25, -0.2) is 0 Å². The van der Waals surface area contributed by atoms with Crippen molar-refractivity contribution in [1.29, 1.82) is 0 Å². The molecule has 3 nitrogen and oxygen atoms in total.